The van der Waals surface area contributed by atoms with E-state index in [1.54, 1.807) is 23.9 Å². The van der Waals surface area contributed by atoms with Crippen LogP contribution in [-0.2, 0) is 9.53 Å². The van der Waals surface area contributed by atoms with Crippen LogP contribution in [0.1, 0.15) is 11.6 Å². The molecule has 1 N–H and O–H groups in total. The van der Waals surface area contributed by atoms with E-state index in [0.717, 1.165) is 11.3 Å². The third-order valence-corrected chi connectivity index (χ3v) is 4.55. The maximum Gasteiger partial charge on any atom is 0.323 e. The van der Waals surface area contributed by atoms with Gasteiger partial charge in [0.1, 0.15) is 11.9 Å². The molecule has 0 bridgehead atoms. The van der Waals surface area contributed by atoms with Gasteiger partial charge < -0.3 is 4.74 Å². The molecule has 0 saturated carbocycles. The Hall–Kier alpha value is -0.590. The van der Waals surface area contributed by atoms with Gasteiger partial charge in [-0.05, 0) is 33.6 Å². The number of methoxy groups -OCH3 is 1. The van der Waals surface area contributed by atoms with E-state index in [4.69, 9.17) is 4.74 Å². The SMILES string of the molecule is COC(=O)C1CSCC(c2ccc(F)c(Br)c2)N1. The fourth-order valence-corrected chi connectivity index (χ4v) is 3.37. The predicted octanol–water partition coefficient (Wildman–Crippen LogP) is 2.51. The molecule has 3 nitrogen and oxygen atoms in total. The Morgan fingerprint density at radius 1 is 1.56 bits per heavy atom. The van der Waals surface area contributed by atoms with E-state index in [1.807, 2.05) is 0 Å². The van der Waals surface area contributed by atoms with Crippen LogP contribution in [0.3, 0.4) is 0 Å². The normalized spacial score (nSPS) is 23.7. The largest absolute Gasteiger partial charge is 0.468 e. The molecule has 18 heavy (non-hydrogen) atoms. The number of carbonyl (C=O) groups is 1. The van der Waals surface area contributed by atoms with Crippen molar-refractivity contribution in [3.05, 3.63) is 34.1 Å². The van der Waals surface area contributed by atoms with Crippen LogP contribution in [-0.4, -0.2) is 30.6 Å². The van der Waals surface area contributed by atoms with E-state index in [-0.39, 0.29) is 23.9 Å². The Morgan fingerprint density at radius 3 is 3.00 bits per heavy atom. The molecular weight excluding hydrogens is 321 g/mol. The van der Waals surface area contributed by atoms with Gasteiger partial charge in [-0.25, -0.2) is 4.39 Å². The van der Waals surface area contributed by atoms with Crippen LogP contribution < -0.4 is 5.32 Å². The van der Waals surface area contributed by atoms with E-state index in [9.17, 15) is 9.18 Å². The van der Waals surface area contributed by atoms with Gasteiger partial charge in [0.15, 0.2) is 0 Å². The molecule has 0 radical (unpaired) electrons. The molecule has 0 spiro atoms. The van der Waals surface area contributed by atoms with Crippen molar-refractivity contribution in [1.82, 2.24) is 5.32 Å². The number of carbonyl (C=O) groups excluding carboxylic acids is 1. The molecule has 2 rings (SSSR count). The minimum Gasteiger partial charge on any atom is -0.468 e. The van der Waals surface area contributed by atoms with Crippen LogP contribution >= 0.6 is 27.7 Å². The number of benzene rings is 1. The first-order valence-electron chi connectivity index (χ1n) is 5.48. The molecule has 1 aliphatic rings. The monoisotopic (exact) mass is 333 g/mol. The van der Waals surface area contributed by atoms with Crippen molar-refractivity contribution < 1.29 is 13.9 Å². The van der Waals surface area contributed by atoms with E-state index >= 15 is 0 Å². The molecule has 0 aromatic heterocycles. The summed E-state index contributed by atoms with van der Waals surface area (Å²) < 4.78 is 18.3. The number of hydrogen-bond acceptors (Lipinski definition) is 4. The molecule has 0 aliphatic carbocycles. The zero-order valence-corrected chi connectivity index (χ0v) is 12.2. The Labute approximate surface area is 118 Å². The highest BCUT2D eigenvalue weighted by atomic mass is 79.9. The second-order valence-corrected chi connectivity index (χ2v) is 5.94. The van der Waals surface area contributed by atoms with Crippen molar-refractivity contribution >= 4 is 33.7 Å². The van der Waals surface area contributed by atoms with E-state index in [2.05, 4.69) is 21.2 Å². The highest BCUT2D eigenvalue weighted by molar-refractivity contribution is 9.10. The van der Waals surface area contributed by atoms with Gasteiger partial charge in [-0.3, -0.25) is 10.1 Å². The van der Waals surface area contributed by atoms with Gasteiger partial charge in [0.05, 0.1) is 11.6 Å². The lowest BCUT2D eigenvalue weighted by Gasteiger charge is -2.29. The maximum absolute atomic E-state index is 13.2. The Balaban J connectivity index is 2.13. The average Bonchev–Trinajstić information content (AvgIpc) is 2.41. The van der Waals surface area contributed by atoms with Crippen molar-refractivity contribution in [2.24, 2.45) is 0 Å². The lowest BCUT2D eigenvalue weighted by molar-refractivity contribution is -0.142. The standard InChI is InChI=1S/C12H13BrFNO2S/c1-17-12(16)11-6-18-5-10(15-11)7-2-3-9(14)8(13)4-7/h2-4,10-11,15H,5-6H2,1H3. The second-order valence-electron chi connectivity index (χ2n) is 4.01. The zero-order chi connectivity index (χ0) is 13.1. The molecule has 1 saturated heterocycles. The molecule has 1 fully saturated rings. The lowest BCUT2D eigenvalue weighted by Crippen LogP contribution is -2.45. The number of ether oxygens (including phenoxy) is 1. The molecule has 1 aliphatic heterocycles. The summed E-state index contributed by atoms with van der Waals surface area (Å²) in [6, 6.07) is 4.63. The highest BCUT2D eigenvalue weighted by Gasteiger charge is 2.28. The van der Waals surface area contributed by atoms with Crippen LogP contribution in [0, 0.1) is 5.82 Å². The third kappa shape index (κ3) is 3.05. The summed E-state index contributed by atoms with van der Waals surface area (Å²) in [6.45, 7) is 0. The quantitative estimate of drug-likeness (QED) is 0.844. The second kappa shape index (κ2) is 6.04. The van der Waals surface area contributed by atoms with Crippen molar-refractivity contribution in [3.63, 3.8) is 0 Å². The Morgan fingerprint density at radius 2 is 2.33 bits per heavy atom. The molecule has 1 aromatic carbocycles. The first-order valence-corrected chi connectivity index (χ1v) is 7.43. The van der Waals surface area contributed by atoms with Gasteiger partial charge in [-0.1, -0.05) is 6.07 Å². The van der Waals surface area contributed by atoms with Crippen molar-refractivity contribution in [2.45, 2.75) is 12.1 Å². The summed E-state index contributed by atoms with van der Waals surface area (Å²) in [5.41, 5.74) is 0.962. The molecular formula is C12H13BrFNO2S. The van der Waals surface area contributed by atoms with Crippen molar-refractivity contribution in [1.29, 1.82) is 0 Å². The predicted molar refractivity (Wildman–Crippen MR) is 73.1 cm³/mol. The summed E-state index contributed by atoms with van der Waals surface area (Å²) in [5.74, 6) is 1.01. The Bertz CT molecular complexity index is 458. The summed E-state index contributed by atoms with van der Waals surface area (Å²) in [4.78, 5) is 11.5. The number of halogens is 2. The fourth-order valence-electron chi connectivity index (χ4n) is 1.84. The summed E-state index contributed by atoms with van der Waals surface area (Å²) >= 11 is 4.86. The van der Waals surface area contributed by atoms with Crippen LogP contribution in [0.2, 0.25) is 0 Å². The van der Waals surface area contributed by atoms with E-state index < -0.39 is 0 Å². The molecule has 1 aromatic rings. The summed E-state index contributed by atoms with van der Waals surface area (Å²) in [5, 5.41) is 3.23. The van der Waals surface area contributed by atoms with Gasteiger partial charge in [-0.15, -0.1) is 0 Å². The van der Waals surface area contributed by atoms with Gasteiger partial charge >= 0.3 is 5.97 Å². The van der Waals surface area contributed by atoms with Crippen LogP contribution in [0.25, 0.3) is 0 Å². The molecule has 1 heterocycles. The van der Waals surface area contributed by atoms with Gasteiger partial charge in [0, 0.05) is 17.5 Å². The lowest BCUT2D eigenvalue weighted by atomic mass is 10.1. The first-order chi connectivity index (χ1) is 8.61. The molecule has 2 unspecified atom stereocenters. The van der Waals surface area contributed by atoms with Crippen LogP contribution in [0.4, 0.5) is 4.39 Å². The highest BCUT2D eigenvalue weighted by Crippen LogP contribution is 2.27. The van der Waals surface area contributed by atoms with Gasteiger partial charge in [0.2, 0.25) is 0 Å². The number of nitrogens with one attached hydrogen (secondary N) is 1. The smallest absolute Gasteiger partial charge is 0.323 e. The fraction of sp³-hybridized carbons (Fsp3) is 0.417. The minimum atomic E-state index is -0.303. The van der Waals surface area contributed by atoms with Gasteiger partial charge in [0.25, 0.3) is 0 Å². The maximum atomic E-state index is 13.2. The molecule has 6 heteroatoms. The Kier molecular flexibility index (Phi) is 4.64. The van der Waals surface area contributed by atoms with Crippen molar-refractivity contribution in [2.75, 3.05) is 18.6 Å². The number of rotatable bonds is 2. The van der Waals surface area contributed by atoms with Crippen LogP contribution in [0.15, 0.2) is 22.7 Å². The number of thioether (sulfide) groups is 1. The topological polar surface area (TPSA) is 38.3 Å². The molecule has 0 amide bonds. The van der Waals surface area contributed by atoms with Gasteiger partial charge in [-0.2, -0.15) is 11.8 Å². The molecule has 98 valence electrons. The number of hydrogen-bond donors (Lipinski definition) is 1. The van der Waals surface area contributed by atoms with E-state index in [1.165, 1.54) is 13.2 Å². The summed E-state index contributed by atoms with van der Waals surface area (Å²) in [7, 11) is 1.38. The third-order valence-electron chi connectivity index (χ3n) is 2.80. The van der Waals surface area contributed by atoms with E-state index in [0.29, 0.717) is 10.2 Å². The van der Waals surface area contributed by atoms with Crippen LogP contribution in [0.5, 0.6) is 0 Å². The first kappa shape index (κ1) is 13.8. The average molecular weight is 334 g/mol. The van der Waals surface area contributed by atoms with Crippen molar-refractivity contribution in [3.8, 4) is 0 Å². The number of esters is 1. The zero-order valence-electron chi connectivity index (χ0n) is 9.78. The molecule has 2 atom stereocenters. The summed E-state index contributed by atoms with van der Waals surface area (Å²) in [6.07, 6.45) is 0. The minimum absolute atomic E-state index is 0.0322.